The molecule has 27 heavy (non-hydrogen) atoms. The molecule has 0 atom stereocenters. The second-order valence-electron chi connectivity index (χ2n) is 6.90. The van der Waals surface area contributed by atoms with E-state index in [1.807, 2.05) is 35.2 Å². The van der Waals surface area contributed by atoms with Gasteiger partial charge in [0.15, 0.2) is 5.82 Å². The molecule has 1 fully saturated rings. The van der Waals surface area contributed by atoms with E-state index in [9.17, 15) is 4.79 Å². The van der Waals surface area contributed by atoms with Crippen LogP contribution in [0.2, 0.25) is 0 Å². The summed E-state index contributed by atoms with van der Waals surface area (Å²) < 4.78 is 5.60. The minimum atomic E-state index is -0.0358. The van der Waals surface area contributed by atoms with Crippen molar-refractivity contribution in [2.45, 2.75) is 19.3 Å². The van der Waals surface area contributed by atoms with Crippen LogP contribution in [0.15, 0.2) is 36.4 Å². The Labute approximate surface area is 159 Å². The highest BCUT2D eigenvalue weighted by Gasteiger charge is 2.23. The van der Waals surface area contributed by atoms with Crippen molar-refractivity contribution >= 4 is 11.8 Å². The van der Waals surface area contributed by atoms with Crippen LogP contribution in [0.4, 0.5) is 10.6 Å². The van der Waals surface area contributed by atoms with Crippen molar-refractivity contribution in [1.82, 2.24) is 20.4 Å². The van der Waals surface area contributed by atoms with Crippen LogP contribution in [0.5, 0.6) is 5.75 Å². The molecule has 0 radical (unpaired) electrons. The summed E-state index contributed by atoms with van der Waals surface area (Å²) in [6, 6.07) is 11.8. The van der Waals surface area contributed by atoms with Gasteiger partial charge in [0.25, 0.3) is 0 Å². The number of aryl methyl sites for hydroxylation is 2. The number of aromatic nitrogens is 2. The van der Waals surface area contributed by atoms with Gasteiger partial charge in [-0.3, -0.25) is 0 Å². The van der Waals surface area contributed by atoms with Crippen molar-refractivity contribution in [3.63, 3.8) is 0 Å². The Morgan fingerprint density at radius 3 is 2.70 bits per heavy atom. The minimum Gasteiger partial charge on any atom is -0.492 e. The lowest BCUT2D eigenvalue weighted by molar-refractivity contribution is 0.191. The fraction of sp³-hybridized carbons (Fsp3) is 0.450. The molecule has 7 nitrogen and oxygen atoms in total. The maximum absolute atomic E-state index is 12.3. The van der Waals surface area contributed by atoms with Crippen molar-refractivity contribution in [2.75, 3.05) is 44.2 Å². The Bertz CT molecular complexity index is 775. The molecular formula is C20H25N5O2. The lowest BCUT2D eigenvalue weighted by atomic mass is 10.2. The largest absolute Gasteiger partial charge is 0.492 e. The fourth-order valence-electron chi connectivity index (χ4n) is 3.57. The molecule has 2 heterocycles. The van der Waals surface area contributed by atoms with Crippen molar-refractivity contribution in [3.05, 3.63) is 47.7 Å². The molecule has 1 aromatic carbocycles. The van der Waals surface area contributed by atoms with E-state index in [-0.39, 0.29) is 6.03 Å². The van der Waals surface area contributed by atoms with Crippen LogP contribution >= 0.6 is 0 Å². The number of amides is 2. The predicted molar refractivity (Wildman–Crippen MR) is 103 cm³/mol. The number of ether oxygens (including phenoxy) is 1. The first-order chi connectivity index (χ1) is 13.3. The van der Waals surface area contributed by atoms with E-state index in [1.54, 1.807) is 0 Å². The number of hydrogen-bond donors (Lipinski definition) is 1. The van der Waals surface area contributed by atoms with Crippen LogP contribution < -0.4 is 15.0 Å². The molecule has 2 aromatic rings. The number of carbonyl (C=O) groups excluding carboxylic acids is 1. The molecule has 1 N–H and O–H groups in total. The minimum absolute atomic E-state index is 0.0358. The SMILES string of the molecule is O=C(NCCOc1ccccc1)N1CCN(c2cc3c(nn2)CCC3)CC1. The summed E-state index contributed by atoms with van der Waals surface area (Å²) in [7, 11) is 0. The summed E-state index contributed by atoms with van der Waals surface area (Å²) in [5, 5.41) is 11.7. The van der Waals surface area contributed by atoms with Gasteiger partial charge in [-0.15, -0.1) is 5.10 Å². The number of benzene rings is 1. The van der Waals surface area contributed by atoms with E-state index < -0.39 is 0 Å². The second kappa shape index (κ2) is 8.24. The van der Waals surface area contributed by atoms with Crippen LogP contribution in [0.1, 0.15) is 17.7 Å². The highest BCUT2D eigenvalue weighted by Crippen LogP contribution is 2.23. The predicted octanol–water partition coefficient (Wildman–Crippen LogP) is 1.88. The monoisotopic (exact) mass is 367 g/mol. The van der Waals surface area contributed by atoms with Gasteiger partial charge < -0.3 is 19.9 Å². The van der Waals surface area contributed by atoms with E-state index in [4.69, 9.17) is 4.74 Å². The zero-order valence-corrected chi connectivity index (χ0v) is 15.4. The average molecular weight is 367 g/mol. The Morgan fingerprint density at radius 2 is 1.89 bits per heavy atom. The van der Waals surface area contributed by atoms with E-state index in [2.05, 4.69) is 26.5 Å². The lowest BCUT2D eigenvalue weighted by Crippen LogP contribution is -2.52. The number of hydrogen-bond acceptors (Lipinski definition) is 5. The van der Waals surface area contributed by atoms with E-state index in [0.717, 1.165) is 43.2 Å². The third-order valence-electron chi connectivity index (χ3n) is 5.09. The van der Waals surface area contributed by atoms with Gasteiger partial charge in [-0.25, -0.2) is 4.79 Å². The summed E-state index contributed by atoms with van der Waals surface area (Å²) >= 11 is 0. The van der Waals surface area contributed by atoms with Crippen LogP contribution in [0.3, 0.4) is 0 Å². The highest BCUT2D eigenvalue weighted by molar-refractivity contribution is 5.74. The summed E-state index contributed by atoms with van der Waals surface area (Å²) in [5.41, 5.74) is 2.48. The van der Waals surface area contributed by atoms with Gasteiger partial charge in [0.05, 0.1) is 12.2 Å². The van der Waals surface area contributed by atoms with E-state index in [1.165, 1.54) is 12.0 Å². The normalized spacial score (nSPS) is 16.1. The zero-order valence-electron chi connectivity index (χ0n) is 15.4. The van der Waals surface area contributed by atoms with E-state index >= 15 is 0 Å². The Balaban J connectivity index is 1.20. The number of piperazine rings is 1. The number of nitrogens with zero attached hydrogens (tertiary/aromatic N) is 4. The summed E-state index contributed by atoms with van der Waals surface area (Å²) in [6.45, 7) is 3.88. The second-order valence-corrected chi connectivity index (χ2v) is 6.90. The van der Waals surface area contributed by atoms with Crippen LogP contribution in [-0.2, 0) is 12.8 Å². The summed E-state index contributed by atoms with van der Waals surface area (Å²) in [6.07, 6.45) is 3.32. The average Bonchev–Trinajstić information content (AvgIpc) is 3.20. The third-order valence-corrected chi connectivity index (χ3v) is 5.09. The third kappa shape index (κ3) is 4.30. The molecule has 0 unspecified atom stereocenters. The molecule has 142 valence electrons. The first-order valence-electron chi connectivity index (χ1n) is 9.60. The maximum atomic E-state index is 12.3. The maximum Gasteiger partial charge on any atom is 0.317 e. The Morgan fingerprint density at radius 1 is 1.07 bits per heavy atom. The zero-order chi connectivity index (χ0) is 18.5. The Hall–Kier alpha value is -2.83. The molecule has 4 rings (SSSR count). The number of para-hydroxylation sites is 1. The molecule has 1 aliphatic carbocycles. The molecule has 0 spiro atoms. The molecule has 0 bridgehead atoms. The van der Waals surface area contributed by atoms with Gasteiger partial charge in [0.2, 0.25) is 0 Å². The number of fused-ring (bicyclic) bond motifs is 1. The number of urea groups is 1. The van der Waals surface area contributed by atoms with Gasteiger partial charge >= 0.3 is 6.03 Å². The lowest BCUT2D eigenvalue weighted by Gasteiger charge is -2.35. The van der Waals surface area contributed by atoms with Gasteiger partial charge in [0, 0.05) is 26.2 Å². The van der Waals surface area contributed by atoms with E-state index in [0.29, 0.717) is 26.2 Å². The van der Waals surface area contributed by atoms with Gasteiger partial charge in [-0.1, -0.05) is 18.2 Å². The smallest absolute Gasteiger partial charge is 0.317 e. The highest BCUT2D eigenvalue weighted by atomic mass is 16.5. The van der Waals surface area contributed by atoms with Crippen LogP contribution in [0.25, 0.3) is 0 Å². The van der Waals surface area contributed by atoms with Crippen molar-refractivity contribution in [3.8, 4) is 5.75 Å². The standard InChI is InChI=1S/C20H25N5O2/c26-20(21-9-14-27-17-6-2-1-3-7-17)25-12-10-24(11-13-25)19-15-16-5-4-8-18(16)22-23-19/h1-3,6-7,15H,4-5,8-14H2,(H,21,26). The molecule has 0 saturated carbocycles. The van der Waals surface area contributed by atoms with Gasteiger partial charge in [-0.2, -0.15) is 5.10 Å². The van der Waals surface area contributed by atoms with Gasteiger partial charge in [-0.05, 0) is 43.0 Å². The molecular weight excluding hydrogens is 342 g/mol. The first-order valence-corrected chi connectivity index (χ1v) is 9.60. The van der Waals surface area contributed by atoms with Crippen molar-refractivity contribution in [1.29, 1.82) is 0 Å². The number of carbonyl (C=O) groups is 1. The molecule has 2 amide bonds. The Kier molecular flexibility index (Phi) is 5.37. The van der Waals surface area contributed by atoms with Crippen molar-refractivity contribution < 1.29 is 9.53 Å². The first kappa shape index (κ1) is 17.6. The molecule has 2 aliphatic rings. The topological polar surface area (TPSA) is 70.6 Å². The molecule has 7 heteroatoms. The quantitative estimate of drug-likeness (QED) is 0.817. The molecule has 1 aromatic heterocycles. The van der Waals surface area contributed by atoms with Gasteiger partial charge in [0.1, 0.15) is 12.4 Å². The summed E-state index contributed by atoms with van der Waals surface area (Å²) in [5.74, 6) is 1.75. The summed E-state index contributed by atoms with van der Waals surface area (Å²) in [4.78, 5) is 16.4. The number of rotatable bonds is 5. The molecule has 1 saturated heterocycles. The van der Waals surface area contributed by atoms with Crippen molar-refractivity contribution in [2.24, 2.45) is 0 Å². The number of nitrogens with one attached hydrogen (secondary N) is 1. The van der Waals surface area contributed by atoms with Crippen LogP contribution in [0, 0.1) is 0 Å². The molecule has 1 aliphatic heterocycles. The number of anilines is 1. The fourth-order valence-corrected chi connectivity index (χ4v) is 3.57. The van der Waals surface area contributed by atoms with Crippen LogP contribution in [-0.4, -0.2) is 60.5 Å².